The molecular weight excluding hydrogens is 378 g/mol. The van der Waals surface area contributed by atoms with Crippen LogP contribution >= 0.6 is 11.6 Å². The predicted molar refractivity (Wildman–Crippen MR) is 111 cm³/mol. The number of ether oxygens (including phenoxy) is 2. The Morgan fingerprint density at radius 3 is 2.39 bits per heavy atom. The second-order valence-corrected chi connectivity index (χ2v) is 6.42. The van der Waals surface area contributed by atoms with Gasteiger partial charge >= 0.3 is 0 Å². The van der Waals surface area contributed by atoms with Gasteiger partial charge in [0.05, 0.1) is 30.5 Å². The summed E-state index contributed by atoms with van der Waals surface area (Å²) < 4.78 is 10.6. The van der Waals surface area contributed by atoms with Crippen molar-refractivity contribution in [2.24, 2.45) is 0 Å². The summed E-state index contributed by atoms with van der Waals surface area (Å²) in [7, 11) is 3.09. The monoisotopic (exact) mass is 397 g/mol. The molecule has 0 saturated heterocycles. The highest BCUT2D eigenvalue weighted by Gasteiger charge is 2.12. The number of methoxy groups -OCH3 is 2. The first-order valence-corrected chi connectivity index (χ1v) is 8.91. The molecule has 0 aliphatic heterocycles. The van der Waals surface area contributed by atoms with E-state index in [2.05, 4.69) is 15.6 Å². The van der Waals surface area contributed by atoms with Gasteiger partial charge in [-0.25, -0.2) is 4.98 Å². The number of para-hydroxylation sites is 1. The van der Waals surface area contributed by atoms with E-state index in [1.807, 2.05) is 31.2 Å². The van der Waals surface area contributed by atoms with Crippen LogP contribution in [0.1, 0.15) is 15.9 Å². The Hall–Kier alpha value is -3.25. The van der Waals surface area contributed by atoms with E-state index in [0.29, 0.717) is 33.6 Å². The molecule has 0 saturated carbocycles. The standard InChI is InChI=1S/C21H20ClN3O3/c1-13-6-4-5-7-16(13)25-21(26)14-8-9-20(23-12-14)24-17-11-18(27-2)15(22)10-19(17)28-3/h4-12H,1-3H3,(H,23,24)(H,25,26). The van der Waals surface area contributed by atoms with Gasteiger partial charge in [0, 0.05) is 24.0 Å². The van der Waals surface area contributed by atoms with Crippen LogP contribution in [0.3, 0.4) is 0 Å². The van der Waals surface area contributed by atoms with E-state index in [4.69, 9.17) is 21.1 Å². The number of pyridine rings is 1. The minimum atomic E-state index is -0.223. The SMILES string of the molecule is COc1cc(Nc2ccc(C(=O)Nc3ccccc3C)cn2)c(OC)cc1Cl. The molecule has 0 aliphatic carbocycles. The first kappa shape index (κ1) is 19.5. The number of anilines is 3. The highest BCUT2D eigenvalue weighted by molar-refractivity contribution is 6.32. The zero-order chi connectivity index (χ0) is 20.1. The van der Waals surface area contributed by atoms with Crippen LogP contribution in [0.5, 0.6) is 11.5 Å². The van der Waals surface area contributed by atoms with Crippen LogP contribution in [0.4, 0.5) is 17.2 Å². The number of nitrogens with zero attached hydrogens (tertiary/aromatic N) is 1. The smallest absolute Gasteiger partial charge is 0.257 e. The van der Waals surface area contributed by atoms with Crippen LogP contribution < -0.4 is 20.1 Å². The molecule has 2 N–H and O–H groups in total. The van der Waals surface area contributed by atoms with E-state index in [9.17, 15) is 4.79 Å². The van der Waals surface area contributed by atoms with Crippen molar-refractivity contribution in [3.63, 3.8) is 0 Å². The molecule has 0 radical (unpaired) electrons. The van der Waals surface area contributed by atoms with Gasteiger partial charge in [0.15, 0.2) is 0 Å². The molecule has 7 heteroatoms. The fourth-order valence-corrected chi connectivity index (χ4v) is 2.84. The number of rotatable bonds is 6. The summed E-state index contributed by atoms with van der Waals surface area (Å²) in [6, 6.07) is 14.4. The van der Waals surface area contributed by atoms with Crippen LogP contribution in [0.25, 0.3) is 0 Å². The number of benzene rings is 2. The third kappa shape index (κ3) is 4.35. The first-order chi connectivity index (χ1) is 13.5. The second-order valence-electron chi connectivity index (χ2n) is 6.01. The molecule has 0 atom stereocenters. The molecule has 1 aromatic heterocycles. The number of hydrogen-bond acceptors (Lipinski definition) is 5. The maximum Gasteiger partial charge on any atom is 0.257 e. The lowest BCUT2D eigenvalue weighted by atomic mass is 10.2. The minimum Gasteiger partial charge on any atom is -0.495 e. The Morgan fingerprint density at radius 2 is 1.75 bits per heavy atom. The molecule has 1 amide bonds. The van der Waals surface area contributed by atoms with Gasteiger partial charge in [-0.1, -0.05) is 29.8 Å². The number of amides is 1. The Bertz CT molecular complexity index is 991. The van der Waals surface area contributed by atoms with Gasteiger partial charge in [-0.15, -0.1) is 0 Å². The van der Waals surface area contributed by atoms with Gasteiger partial charge in [0.1, 0.15) is 17.3 Å². The minimum absolute atomic E-state index is 0.223. The van der Waals surface area contributed by atoms with Crippen LogP contribution in [-0.2, 0) is 0 Å². The van der Waals surface area contributed by atoms with Gasteiger partial charge in [0.25, 0.3) is 5.91 Å². The second kappa shape index (κ2) is 8.63. The molecule has 0 unspecified atom stereocenters. The van der Waals surface area contributed by atoms with Crippen LogP contribution in [0.15, 0.2) is 54.7 Å². The summed E-state index contributed by atoms with van der Waals surface area (Å²) >= 11 is 6.12. The zero-order valence-corrected chi connectivity index (χ0v) is 16.5. The van der Waals surface area contributed by atoms with Crippen molar-refractivity contribution in [1.82, 2.24) is 4.98 Å². The summed E-state index contributed by atoms with van der Waals surface area (Å²) in [5, 5.41) is 6.47. The number of halogens is 1. The van der Waals surface area contributed by atoms with E-state index in [1.54, 1.807) is 31.4 Å². The van der Waals surface area contributed by atoms with Crippen molar-refractivity contribution in [3.05, 3.63) is 70.9 Å². The Balaban J connectivity index is 1.76. The molecule has 1 heterocycles. The third-order valence-corrected chi connectivity index (χ3v) is 4.45. The van der Waals surface area contributed by atoms with Crippen LogP contribution in [0, 0.1) is 6.92 Å². The number of carbonyl (C=O) groups is 1. The number of nitrogens with one attached hydrogen (secondary N) is 2. The molecule has 28 heavy (non-hydrogen) atoms. The van der Waals surface area contributed by atoms with Crippen LogP contribution in [0.2, 0.25) is 5.02 Å². The molecule has 0 aliphatic rings. The highest BCUT2D eigenvalue weighted by atomic mass is 35.5. The van der Waals surface area contributed by atoms with Gasteiger partial charge in [-0.2, -0.15) is 0 Å². The molecule has 3 rings (SSSR count). The summed E-state index contributed by atoms with van der Waals surface area (Å²) in [6.07, 6.45) is 1.51. The van der Waals surface area contributed by atoms with E-state index in [1.165, 1.54) is 13.3 Å². The molecule has 0 fully saturated rings. The van der Waals surface area contributed by atoms with Crippen molar-refractivity contribution in [3.8, 4) is 11.5 Å². The van der Waals surface area contributed by atoms with Crippen molar-refractivity contribution < 1.29 is 14.3 Å². The third-order valence-electron chi connectivity index (χ3n) is 4.16. The number of aromatic nitrogens is 1. The van der Waals surface area contributed by atoms with Gasteiger partial charge in [-0.05, 0) is 30.7 Å². The average Bonchev–Trinajstić information content (AvgIpc) is 2.71. The largest absolute Gasteiger partial charge is 0.495 e. The number of hydrogen-bond donors (Lipinski definition) is 2. The maximum absolute atomic E-state index is 12.4. The number of carbonyl (C=O) groups excluding carboxylic acids is 1. The lowest BCUT2D eigenvalue weighted by molar-refractivity contribution is 0.102. The summed E-state index contributed by atoms with van der Waals surface area (Å²) in [5.41, 5.74) is 2.86. The molecule has 144 valence electrons. The van der Waals surface area contributed by atoms with E-state index >= 15 is 0 Å². The maximum atomic E-state index is 12.4. The van der Waals surface area contributed by atoms with E-state index < -0.39 is 0 Å². The summed E-state index contributed by atoms with van der Waals surface area (Å²) in [4.78, 5) is 16.7. The summed E-state index contributed by atoms with van der Waals surface area (Å²) in [6.45, 7) is 1.94. The fraction of sp³-hybridized carbons (Fsp3) is 0.143. The molecule has 6 nitrogen and oxygen atoms in total. The molecule has 0 bridgehead atoms. The van der Waals surface area contributed by atoms with Crippen LogP contribution in [-0.4, -0.2) is 25.1 Å². The Morgan fingerprint density at radius 1 is 1.00 bits per heavy atom. The highest BCUT2D eigenvalue weighted by Crippen LogP contribution is 2.37. The number of aryl methyl sites for hydroxylation is 1. The molecular formula is C21H20ClN3O3. The Labute approximate surface area is 168 Å². The molecule has 0 spiro atoms. The van der Waals surface area contributed by atoms with Crippen molar-refractivity contribution in [2.75, 3.05) is 24.9 Å². The van der Waals surface area contributed by atoms with Gasteiger partial charge < -0.3 is 20.1 Å². The topological polar surface area (TPSA) is 72.5 Å². The van der Waals surface area contributed by atoms with E-state index in [0.717, 1.165) is 11.3 Å². The molecule has 2 aromatic carbocycles. The fourth-order valence-electron chi connectivity index (χ4n) is 2.61. The van der Waals surface area contributed by atoms with Gasteiger partial charge in [-0.3, -0.25) is 4.79 Å². The zero-order valence-electron chi connectivity index (χ0n) is 15.7. The lowest BCUT2D eigenvalue weighted by Gasteiger charge is -2.14. The first-order valence-electron chi connectivity index (χ1n) is 8.53. The Kier molecular flexibility index (Phi) is 6.01. The predicted octanol–water partition coefficient (Wildman–Crippen LogP) is 5.06. The van der Waals surface area contributed by atoms with Crippen molar-refractivity contribution in [1.29, 1.82) is 0 Å². The van der Waals surface area contributed by atoms with E-state index in [-0.39, 0.29) is 5.91 Å². The normalized spacial score (nSPS) is 10.3. The average molecular weight is 398 g/mol. The summed E-state index contributed by atoms with van der Waals surface area (Å²) in [5.74, 6) is 1.39. The van der Waals surface area contributed by atoms with Gasteiger partial charge in [0.2, 0.25) is 0 Å². The lowest BCUT2D eigenvalue weighted by Crippen LogP contribution is -2.13. The molecule has 3 aromatic rings. The van der Waals surface area contributed by atoms with Crippen molar-refractivity contribution >= 4 is 34.7 Å². The van der Waals surface area contributed by atoms with Crippen molar-refractivity contribution in [2.45, 2.75) is 6.92 Å². The quantitative estimate of drug-likeness (QED) is 0.608.